The Bertz CT molecular complexity index is 1210. The first-order chi connectivity index (χ1) is 15.0. The molecule has 156 valence electrons. The maximum Gasteiger partial charge on any atom is 0.267 e. The zero-order valence-corrected chi connectivity index (χ0v) is 19.1. The monoisotopic (exact) mass is 515 g/mol. The molecular weight excluding hydrogens is 502 g/mol. The summed E-state index contributed by atoms with van der Waals surface area (Å²) in [6, 6.07) is 15.8. The number of thioether (sulfide) groups is 1. The number of carbonyl (C=O) groups excluding carboxylic acids is 1. The third-order valence-corrected chi connectivity index (χ3v) is 5.98. The Kier molecular flexibility index (Phi) is 6.60. The number of amides is 1. The zero-order chi connectivity index (χ0) is 21.8. The van der Waals surface area contributed by atoms with Gasteiger partial charge in [-0.2, -0.15) is 5.10 Å². The Hall–Kier alpha value is -2.81. The Morgan fingerprint density at radius 1 is 1.19 bits per heavy atom. The van der Waals surface area contributed by atoms with Crippen molar-refractivity contribution >= 4 is 62.7 Å². The van der Waals surface area contributed by atoms with Crippen LogP contribution in [-0.2, 0) is 11.3 Å². The molecule has 9 heteroatoms. The predicted octanol–water partition coefficient (Wildman–Crippen LogP) is 5.91. The second-order valence-corrected chi connectivity index (χ2v) is 8.83. The molecule has 0 atom stereocenters. The van der Waals surface area contributed by atoms with Crippen molar-refractivity contribution in [2.75, 3.05) is 0 Å². The van der Waals surface area contributed by atoms with E-state index in [9.17, 15) is 9.90 Å². The normalized spacial score (nSPS) is 16.8. The van der Waals surface area contributed by atoms with Crippen molar-refractivity contribution in [3.63, 3.8) is 0 Å². The zero-order valence-electron chi connectivity index (χ0n) is 15.9. The van der Waals surface area contributed by atoms with Crippen molar-refractivity contribution in [3.8, 4) is 5.75 Å². The largest absolute Gasteiger partial charge is 0.507 e. The van der Waals surface area contributed by atoms with Crippen molar-refractivity contribution < 1.29 is 14.3 Å². The molecule has 0 unspecified atom stereocenters. The minimum Gasteiger partial charge on any atom is -0.507 e. The number of aromatic hydroxyl groups is 1. The summed E-state index contributed by atoms with van der Waals surface area (Å²) in [7, 11) is 0. The third-order valence-electron chi connectivity index (χ3n) is 4.26. The number of hydrogen-bond acceptors (Lipinski definition) is 6. The second kappa shape index (κ2) is 9.55. The number of halogens is 2. The lowest BCUT2D eigenvalue weighted by Gasteiger charge is -2.12. The molecule has 1 aromatic heterocycles. The molecule has 1 aliphatic heterocycles. The average molecular weight is 517 g/mol. The lowest BCUT2D eigenvalue weighted by molar-refractivity contribution is -0.122. The predicted molar refractivity (Wildman–Crippen MR) is 127 cm³/mol. The van der Waals surface area contributed by atoms with E-state index in [1.165, 1.54) is 28.9 Å². The number of furan rings is 1. The maximum absolute atomic E-state index is 13.1. The van der Waals surface area contributed by atoms with Gasteiger partial charge >= 0.3 is 0 Å². The van der Waals surface area contributed by atoms with Gasteiger partial charge in [-0.25, -0.2) is 0 Å². The Labute approximate surface area is 196 Å². The van der Waals surface area contributed by atoms with Gasteiger partial charge in [0.15, 0.2) is 5.17 Å². The van der Waals surface area contributed by atoms with Gasteiger partial charge in [0.25, 0.3) is 5.91 Å². The Morgan fingerprint density at radius 2 is 2.06 bits per heavy atom. The van der Waals surface area contributed by atoms with Crippen LogP contribution in [0, 0.1) is 0 Å². The van der Waals surface area contributed by atoms with E-state index >= 15 is 0 Å². The molecule has 3 aromatic rings. The summed E-state index contributed by atoms with van der Waals surface area (Å²) in [6.45, 7) is 0.228. The van der Waals surface area contributed by atoms with E-state index in [2.05, 4.69) is 26.1 Å². The molecule has 1 fully saturated rings. The van der Waals surface area contributed by atoms with Gasteiger partial charge in [0.1, 0.15) is 11.5 Å². The van der Waals surface area contributed by atoms with Crippen molar-refractivity contribution in [1.29, 1.82) is 0 Å². The molecular formula is C22H15BrClN3O3S. The topological polar surface area (TPSA) is 78.4 Å². The molecule has 1 amide bonds. The van der Waals surface area contributed by atoms with E-state index in [1.54, 1.807) is 30.5 Å². The molecule has 0 saturated carbocycles. The van der Waals surface area contributed by atoms with Crippen molar-refractivity contribution in [2.45, 2.75) is 6.54 Å². The number of hydrogen-bond donors (Lipinski definition) is 1. The molecule has 1 aliphatic rings. The highest BCUT2D eigenvalue weighted by molar-refractivity contribution is 9.10. The quantitative estimate of drug-likeness (QED) is 0.260. The minimum atomic E-state index is -0.194. The first-order valence-electron chi connectivity index (χ1n) is 9.08. The van der Waals surface area contributed by atoms with Crippen LogP contribution in [0.1, 0.15) is 16.9 Å². The summed E-state index contributed by atoms with van der Waals surface area (Å²) < 4.78 is 6.31. The summed E-state index contributed by atoms with van der Waals surface area (Å²) in [5.74, 6) is 0.467. The maximum atomic E-state index is 13.1. The number of phenolic OH excluding ortho intramolecular Hbond substituents is 1. The molecule has 0 spiro atoms. The second-order valence-electron chi connectivity index (χ2n) is 6.47. The molecule has 0 radical (unpaired) electrons. The van der Waals surface area contributed by atoms with E-state index in [0.29, 0.717) is 26.4 Å². The van der Waals surface area contributed by atoms with E-state index < -0.39 is 0 Å². The number of benzene rings is 2. The van der Waals surface area contributed by atoms with Crippen LogP contribution < -0.4 is 0 Å². The molecule has 1 N–H and O–H groups in total. The summed E-state index contributed by atoms with van der Waals surface area (Å²) in [6.07, 6.45) is 4.75. The van der Waals surface area contributed by atoms with E-state index in [1.807, 2.05) is 30.3 Å². The van der Waals surface area contributed by atoms with Crippen LogP contribution >= 0.6 is 39.3 Å². The van der Waals surface area contributed by atoms with Crippen LogP contribution in [0.2, 0.25) is 5.02 Å². The summed E-state index contributed by atoms with van der Waals surface area (Å²) >= 11 is 10.6. The number of rotatable bonds is 5. The first kappa shape index (κ1) is 21.4. The van der Waals surface area contributed by atoms with Gasteiger partial charge in [-0.05, 0) is 65.9 Å². The van der Waals surface area contributed by atoms with Crippen LogP contribution in [0.15, 0.2) is 84.9 Å². The van der Waals surface area contributed by atoms with Crippen LogP contribution in [0.3, 0.4) is 0 Å². The Morgan fingerprint density at radius 3 is 2.84 bits per heavy atom. The summed E-state index contributed by atoms with van der Waals surface area (Å²) in [4.78, 5) is 15.1. The van der Waals surface area contributed by atoms with Crippen LogP contribution in [-0.4, -0.2) is 27.3 Å². The highest BCUT2D eigenvalue weighted by Crippen LogP contribution is 2.34. The lowest BCUT2D eigenvalue weighted by Crippen LogP contribution is -2.28. The van der Waals surface area contributed by atoms with Gasteiger partial charge in [0.2, 0.25) is 0 Å². The third kappa shape index (κ3) is 5.28. The van der Waals surface area contributed by atoms with E-state index in [-0.39, 0.29) is 18.2 Å². The van der Waals surface area contributed by atoms with Gasteiger partial charge in [-0.15, -0.1) is 5.10 Å². The summed E-state index contributed by atoms with van der Waals surface area (Å²) in [5, 5.41) is 19.1. The molecule has 0 aliphatic carbocycles. The van der Waals surface area contributed by atoms with Crippen molar-refractivity contribution in [2.24, 2.45) is 10.2 Å². The molecule has 2 aromatic carbocycles. The molecule has 1 saturated heterocycles. The molecule has 2 heterocycles. The minimum absolute atomic E-state index is 0.0335. The molecule has 31 heavy (non-hydrogen) atoms. The van der Waals surface area contributed by atoms with E-state index in [4.69, 9.17) is 16.0 Å². The fraction of sp³-hybridized carbons (Fsp3) is 0.0455. The van der Waals surface area contributed by atoms with Crippen molar-refractivity contribution in [3.05, 3.63) is 92.1 Å². The summed E-state index contributed by atoms with van der Waals surface area (Å²) in [5.41, 5.74) is 1.31. The van der Waals surface area contributed by atoms with Gasteiger partial charge in [-0.3, -0.25) is 9.69 Å². The number of nitrogens with zero attached hydrogens (tertiary/aromatic N) is 3. The molecule has 4 rings (SSSR count). The highest BCUT2D eigenvalue weighted by atomic mass is 79.9. The van der Waals surface area contributed by atoms with Gasteiger partial charge < -0.3 is 9.52 Å². The highest BCUT2D eigenvalue weighted by Gasteiger charge is 2.34. The fourth-order valence-corrected chi connectivity index (χ4v) is 4.33. The molecule has 6 nitrogen and oxygen atoms in total. The average Bonchev–Trinajstić information content (AvgIpc) is 3.35. The molecule has 0 bridgehead atoms. The van der Waals surface area contributed by atoms with Crippen molar-refractivity contribution in [1.82, 2.24) is 4.90 Å². The lowest BCUT2D eigenvalue weighted by atomic mass is 10.2. The van der Waals surface area contributed by atoms with Gasteiger partial charge in [0.05, 0.1) is 23.9 Å². The van der Waals surface area contributed by atoms with Crippen LogP contribution in [0.25, 0.3) is 6.08 Å². The fourth-order valence-electron chi connectivity index (χ4n) is 2.80. The number of phenols is 1. The standard InChI is InChI=1S/C22H15BrClN3O3S/c23-16-4-1-3-14(9-16)10-20-21(29)27(13-18-5-2-8-30-18)22(31-20)26-25-12-15-11-17(24)6-7-19(15)28/h1-12,28H,13H2/b20-10-,25-12-,26-22+. The van der Waals surface area contributed by atoms with E-state index in [0.717, 1.165) is 10.0 Å². The van der Waals surface area contributed by atoms with Gasteiger partial charge in [0, 0.05) is 15.1 Å². The first-order valence-corrected chi connectivity index (χ1v) is 11.1. The smallest absolute Gasteiger partial charge is 0.267 e. The van der Waals surface area contributed by atoms with Crippen LogP contribution in [0.4, 0.5) is 0 Å². The number of amidine groups is 1. The SMILES string of the molecule is O=C1/C(=C/c2cccc(Br)c2)S/C(=N/N=C\c2cc(Cl)ccc2O)N1Cc1ccco1. The number of carbonyl (C=O) groups is 1. The van der Waals surface area contributed by atoms with Crippen LogP contribution in [0.5, 0.6) is 5.75 Å². The Balaban J connectivity index is 1.64. The van der Waals surface area contributed by atoms with Gasteiger partial charge in [-0.1, -0.05) is 39.7 Å².